The van der Waals surface area contributed by atoms with Gasteiger partial charge in [0, 0.05) is 30.7 Å². The molecule has 2 aliphatic heterocycles. The summed E-state index contributed by atoms with van der Waals surface area (Å²) in [6, 6.07) is 20.3. The van der Waals surface area contributed by atoms with Crippen LogP contribution >= 0.6 is 11.6 Å². The lowest BCUT2D eigenvalue weighted by Crippen LogP contribution is -2.49. The summed E-state index contributed by atoms with van der Waals surface area (Å²) in [5, 5.41) is 3.53. The lowest BCUT2D eigenvalue weighted by molar-refractivity contribution is -0.163. The van der Waals surface area contributed by atoms with Gasteiger partial charge in [0.15, 0.2) is 18.0 Å². The normalized spacial score (nSPS) is 21.9. The van der Waals surface area contributed by atoms with Gasteiger partial charge >= 0.3 is 0 Å². The van der Waals surface area contributed by atoms with Gasteiger partial charge in [0.1, 0.15) is 0 Å². The van der Waals surface area contributed by atoms with Gasteiger partial charge in [0.05, 0.1) is 11.7 Å². The number of rotatable bonds is 7. The number of hydrogen-bond acceptors (Lipinski definition) is 5. The van der Waals surface area contributed by atoms with Crippen LogP contribution in [-0.2, 0) is 32.2 Å². The van der Waals surface area contributed by atoms with E-state index in [1.807, 2.05) is 61.5 Å². The molecule has 8 nitrogen and oxygen atoms in total. The van der Waals surface area contributed by atoms with Crippen LogP contribution in [0.4, 0.5) is 0 Å². The lowest BCUT2D eigenvalue weighted by Gasteiger charge is -2.28. The van der Waals surface area contributed by atoms with Gasteiger partial charge in [-0.1, -0.05) is 54.1 Å². The maximum atomic E-state index is 13.7. The molecule has 2 fully saturated rings. The molecule has 2 aliphatic rings. The number of carbonyl (C=O) groups excluding carboxylic acids is 2. The maximum Gasteiger partial charge on any atom is 0.255 e. The van der Waals surface area contributed by atoms with Crippen LogP contribution in [0.1, 0.15) is 50.8 Å². The van der Waals surface area contributed by atoms with Crippen molar-refractivity contribution in [3.05, 3.63) is 93.2 Å². The Labute approximate surface area is 238 Å². The molecule has 40 heavy (non-hydrogen) atoms. The third-order valence-corrected chi connectivity index (χ3v) is 7.69. The molecule has 1 N–H and O–H groups in total. The number of aromatic nitrogens is 1. The first kappa shape index (κ1) is 28.1. The second-order valence-corrected chi connectivity index (χ2v) is 11.1. The van der Waals surface area contributed by atoms with Gasteiger partial charge in [0.25, 0.3) is 17.4 Å². The van der Waals surface area contributed by atoms with Crippen LogP contribution in [0.25, 0.3) is 11.3 Å². The van der Waals surface area contributed by atoms with E-state index in [-0.39, 0.29) is 24.1 Å². The largest absolute Gasteiger partial charge is 0.350 e. The van der Waals surface area contributed by atoms with Crippen molar-refractivity contribution in [3.8, 4) is 11.3 Å². The standard InChI is InChI=1S/C31H34ClN3O5/c1-4-34-24(10-6-12-26(34)36)21-15-13-20(14-16-21)19-33-29(37)27-28(40-31(2,3)39-27)30(38)35-17-7-11-25(35)22-8-5-9-23(32)18-22/h5-6,8-10,12-16,18,25,27-28H,4,7,11,17,19H2,1-3H3,(H,33,37)/t25-,27-,28-/m1/s1. The molecule has 2 saturated heterocycles. The van der Waals surface area contributed by atoms with Crippen LogP contribution in [0.2, 0.25) is 5.02 Å². The first-order valence-electron chi connectivity index (χ1n) is 13.7. The van der Waals surface area contributed by atoms with E-state index >= 15 is 0 Å². The molecule has 0 radical (unpaired) electrons. The SMILES string of the molecule is CCn1c(-c2ccc(CNC(=O)[C@@H]3OC(C)(C)O[C@H]3C(=O)N3CCC[C@@H]3c3cccc(Cl)c3)cc2)cccc1=O. The fourth-order valence-corrected chi connectivity index (χ4v) is 5.77. The van der Waals surface area contributed by atoms with E-state index < -0.39 is 23.9 Å². The smallest absolute Gasteiger partial charge is 0.255 e. The topological polar surface area (TPSA) is 89.9 Å². The highest BCUT2D eigenvalue weighted by Gasteiger charge is 2.51. The van der Waals surface area contributed by atoms with Crippen LogP contribution in [0.15, 0.2) is 71.5 Å². The molecule has 0 aliphatic carbocycles. The van der Waals surface area contributed by atoms with Gasteiger partial charge in [-0.3, -0.25) is 14.4 Å². The number of pyridine rings is 1. The van der Waals surface area contributed by atoms with Crippen LogP contribution in [0, 0.1) is 0 Å². The third kappa shape index (κ3) is 5.84. The Hall–Kier alpha value is -3.46. The van der Waals surface area contributed by atoms with Crippen molar-refractivity contribution in [2.75, 3.05) is 6.54 Å². The van der Waals surface area contributed by atoms with Crippen molar-refractivity contribution in [1.82, 2.24) is 14.8 Å². The van der Waals surface area contributed by atoms with Crippen molar-refractivity contribution in [2.45, 2.75) is 70.7 Å². The minimum Gasteiger partial charge on any atom is -0.350 e. The Morgan fingerprint density at radius 3 is 2.48 bits per heavy atom. The number of nitrogens with zero attached hydrogens (tertiary/aromatic N) is 2. The number of amides is 2. The molecule has 210 valence electrons. The zero-order chi connectivity index (χ0) is 28.4. The van der Waals surface area contributed by atoms with E-state index in [1.165, 1.54) is 0 Å². The van der Waals surface area contributed by atoms with E-state index in [1.54, 1.807) is 35.4 Å². The quantitative estimate of drug-likeness (QED) is 0.450. The lowest BCUT2D eigenvalue weighted by atomic mass is 10.0. The summed E-state index contributed by atoms with van der Waals surface area (Å²) in [7, 11) is 0. The zero-order valence-electron chi connectivity index (χ0n) is 22.9. The Morgan fingerprint density at radius 1 is 1.02 bits per heavy atom. The second-order valence-electron chi connectivity index (χ2n) is 10.6. The van der Waals surface area contributed by atoms with Gasteiger partial charge in [-0.25, -0.2) is 0 Å². The number of carbonyl (C=O) groups is 2. The molecule has 0 unspecified atom stereocenters. The summed E-state index contributed by atoms with van der Waals surface area (Å²) in [5.74, 6) is -1.75. The van der Waals surface area contributed by atoms with Crippen LogP contribution in [0.5, 0.6) is 0 Å². The zero-order valence-corrected chi connectivity index (χ0v) is 23.7. The van der Waals surface area contributed by atoms with Gasteiger partial charge in [-0.05, 0) is 68.5 Å². The minimum atomic E-state index is -1.08. The Morgan fingerprint density at radius 2 is 1.75 bits per heavy atom. The number of ether oxygens (including phenoxy) is 2. The molecule has 5 rings (SSSR count). The van der Waals surface area contributed by atoms with Crippen LogP contribution in [-0.4, -0.2) is 45.8 Å². The number of likely N-dealkylation sites (tertiary alicyclic amines) is 1. The van der Waals surface area contributed by atoms with Crippen molar-refractivity contribution < 1.29 is 19.1 Å². The summed E-state index contributed by atoms with van der Waals surface area (Å²) >= 11 is 6.21. The maximum absolute atomic E-state index is 13.7. The number of hydrogen-bond donors (Lipinski definition) is 1. The summed E-state index contributed by atoms with van der Waals surface area (Å²) in [6.07, 6.45) is -0.469. The summed E-state index contributed by atoms with van der Waals surface area (Å²) in [5.41, 5.74) is 3.54. The molecular formula is C31H34ClN3O5. The van der Waals surface area contributed by atoms with Crippen LogP contribution < -0.4 is 10.9 Å². The second kappa shape index (κ2) is 11.6. The van der Waals surface area contributed by atoms with E-state index in [9.17, 15) is 14.4 Å². The highest BCUT2D eigenvalue weighted by Crippen LogP contribution is 2.37. The average molecular weight is 564 g/mol. The van der Waals surface area contributed by atoms with Gasteiger partial charge in [-0.15, -0.1) is 0 Å². The average Bonchev–Trinajstić information content (AvgIpc) is 3.56. The predicted molar refractivity (Wildman–Crippen MR) is 153 cm³/mol. The fourth-order valence-electron chi connectivity index (χ4n) is 5.57. The highest BCUT2D eigenvalue weighted by atomic mass is 35.5. The summed E-state index contributed by atoms with van der Waals surface area (Å²) in [4.78, 5) is 41.0. The van der Waals surface area contributed by atoms with Gasteiger partial charge < -0.3 is 24.3 Å². The predicted octanol–water partition coefficient (Wildman–Crippen LogP) is 4.69. The third-order valence-electron chi connectivity index (χ3n) is 7.45. The molecule has 2 amide bonds. The molecule has 0 saturated carbocycles. The minimum absolute atomic E-state index is 0.0463. The highest BCUT2D eigenvalue weighted by molar-refractivity contribution is 6.30. The first-order chi connectivity index (χ1) is 19.2. The molecule has 9 heteroatoms. The van der Waals surface area contributed by atoms with Crippen molar-refractivity contribution in [2.24, 2.45) is 0 Å². The van der Waals surface area contributed by atoms with E-state index in [0.29, 0.717) is 18.1 Å². The molecule has 0 bridgehead atoms. The Balaban J connectivity index is 1.27. The van der Waals surface area contributed by atoms with E-state index in [4.69, 9.17) is 21.1 Å². The monoisotopic (exact) mass is 563 g/mol. The fraction of sp³-hybridized carbons (Fsp3) is 0.387. The molecule has 3 heterocycles. The summed E-state index contributed by atoms with van der Waals surface area (Å²) < 4.78 is 13.6. The molecule has 2 aromatic carbocycles. The molecule has 0 spiro atoms. The molecular weight excluding hydrogens is 530 g/mol. The van der Waals surface area contributed by atoms with Crippen molar-refractivity contribution in [1.29, 1.82) is 0 Å². The summed E-state index contributed by atoms with van der Waals surface area (Å²) in [6.45, 7) is 6.75. The van der Waals surface area contributed by atoms with Gasteiger partial charge in [0.2, 0.25) is 0 Å². The van der Waals surface area contributed by atoms with E-state index in [0.717, 1.165) is 35.2 Å². The van der Waals surface area contributed by atoms with E-state index in [2.05, 4.69) is 5.32 Å². The molecule has 3 atom stereocenters. The Kier molecular flexibility index (Phi) is 8.12. The molecule has 3 aromatic rings. The first-order valence-corrected chi connectivity index (χ1v) is 14.0. The van der Waals surface area contributed by atoms with Crippen molar-refractivity contribution in [3.63, 3.8) is 0 Å². The number of nitrogens with one attached hydrogen (secondary N) is 1. The number of benzene rings is 2. The number of halogens is 1. The van der Waals surface area contributed by atoms with Crippen molar-refractivity contribution >= 4 is 23.4 Å². The Bertz CT molecular complexity index is 1450. The van der Waals surface area contributed by atoms with Crippen LogP contribution in [0.3, 0.4) is 0 Å². The molecule has 1 aromatic heterocycles. The van der Waals surface area contributed by atoms with Gasteiger partial charge in [-0.2, -0.15) is 0 Å².